The molecule has 0 fully saturated rings. The van der Waals surface area contributed by atoms with Gasteiger partial charge in [-0.15, -0.1) is 0 Å². The fraction of sp³-hybridized carbons (Fsp3) is 0.571. The first-order valence-electron chi connectivity index (χ1n) is 3.19. The highest BCUT2D eigenvalue weighted by molar-refractivity contribution is 5.87. The van der Waals surface area contributed by atoms with Crippen molar-refractivity contribution in [3.8, 4) is 0 Å². The number of carbonyl (C=O) groups is 1. The van der Waals surface area contributed by atoms with Crippen molar-refractivity contribution >= 4 is 5.91 Å². The van der Waals surface area contributed by atoms with Gasteiger partial charge in [0.15, 0.2) is 0 Å². The van der Waals surface area contributed by atoms with E-state index >= 15 is 0 Å². The SMILES string of the molecule is C=CC(=O)NC(C)(O)CC. The minimum Gasteiger partial charge on any atom is -0.371 e. The number of amides is 1. The predicted octanol–water partition coefficient (Wildman–Crippen LogP) is 0.407. The molecule has 2 N–H and O–H groups in total. The third-order valence-electron chi connectivity index (χ3n) is 1.27. The Morgan fingerprint density at radius 1 is 1.90 bits per heavy atom. The van der Waals surface area contributed by atoms with E-state index in [-0.39, 0.29) is 5.91 Å². The van der Waals surface area contributed by atoms with Crippen molar-refractivity contribution in [2.75, 3.05) is 0 Å². The van der Waals surface area contributed by atoms with E-state index in [0.717, 1.165) is 6.08 Å². The Morgan fingerprint density at radius 3 is 2.70 bits per heavy atom. The zero-order chi connectivity index (χ0) is 8.20. The van der Waals surface area contributed by atoms with Crippen LogP contribution >= 0.6 is 0 Å². The Labute approximate surface area is 60.7 Å². The second-order valence-electron chi connectivity index (χ2n) is 2.32. The summed E-state index contributed by atoms with van der Waals surface area (Å²) in [5.41, 5.74) is -1.11. The molecular weight excluding hydrogens is 130 g/mol. The van der Waals surface area contributed by atoms with Crippen LogP contribution in [0.3, 0.4) is 0 Å². The minimum atomic E-state index is -1.11. The van der Waals surface area contributed by atoms with Crippen LogP contribution in [0.1, 0.15) is 20.3 Å². The van der Waals surface area contributed by atoms with E-state index in [9.17, 15) is 9.90 Å². The van der Waals surface area contributed by atoms with E-state index in [1.165, 1.54) is 6.92 Å². The van der Waals surface area contributed by atoms with Gasteiger partial charge < -0.3 is 10.4 Å². The molecule has 0 rings (SSSR count). The molecule has 0 heterocycles. The summed E-state index contributed by atoms with van der Waals surface area (Å²) < 4.78 is 0. The first kappa shape index (κ1) is 9.17. The van der Waals surface area contributed by atoms with E-state index in [1.807, 2.05) is 0 Å². The van der Waals surface area contributed by atoms with Crippen molar-refractivity contribution in [2.24, 2.45) is 0 Å². The van der Waals surface area contributed by atoms with Crippen LogP contribution < -0.4 is 5.32 Å². The van der Waals surface area contributed by atoms with Crippen molar-refractivity contribution in [3.63, 3.8) is 0 Å². The van der Waals surface area contributed by atoms with Gasteiger partial charge >= 0.3 is 0 Å². The average molecular weight is 143 g/mol. The van der Waals surface area contributed by atoms with Crippen molar-refractivity contribution < 1.29 is 9.90 Å². The fourth-order valence-corrected chi connectivity index (χ4v) is 0.405. The number of hydrogen-bond acceptors (Lipinski definition) is 2. The lowest BCUT2D eigenvalue weighted by Gasteiger charge is -2.21. The molecular formula is C7H13NO2. The van der Waals surface area contributed by atoms with E-state index in [0.29, 0.717) is 6.42 Å². The maximum absolute atomic E-state index is 10.6. The summed E-state index contributed by atoms with van der Waals surface area (Å²) in [4.78, 5) is 10.6. The predicted molar refractivity (Wildman–Crippen MR) is 39.3 cm³/mol. The smallest absolute Gasteiger partial charge is 0.245 e. The van der Waals surface area contributed by atoms with Gasteiger partial charge in [-0.25, -0.2) is 0 Å². The fourth-order valence-electron chi connectivity index (χ4n) is 0.405. The van der Waals surface area contributed by atoms with E-state index in [2.05, 4.69) is 11.9 Å². The number of hydrogen-bond donors (Lipinski definition) is 2. The molecule has 1 unspecified atom stereocenters. The van der Waals surface area contributed by atoms with Crippen molar-refractivity contribution in [1.29, 1.82) is 0 Å². The van der Waals surface area contributed by atoms with Crippen LogP contribution in [-0.2, 0) is 4.79 Å². The number of carbonyl (C=O) groups excluding carboxylic acids is 1. The normalized spacial score (nSPS) is 15.5. The second-order valence-corrected chi connectivity index (χ2v) is 2.32. The van der Waals surface area contributed by atoms with Crippen LogP contribution in [-0.4, -0.2) is 16.7 Å². The standard InChI is InChI=1S/C7H13NO2/c1-4-6(9)8-7(3,10)5-2/h4,10H,1,5H2,2-3H3,(H,8,9). The van der Waals surface area contributed by atoms with Gasteiger partial charge in [-0.05, 0) is 19.4 Å². The molecule has 3 nitrogen and oxygen atoms in total. The summed E-state index contributed by atoms with van der Waals surface area (Å²) >= 11 is 0. The molecule has 0 aliphatic heterocycles. The molecule has 10 heavy (non-hydrogen) atoms. The molecule has 1 amide bonds. The Bertz CT molecular complexity index is 141. The zero-order valence-electron chi connectivity index (χ0n) is 6.35. The minimum absolute atomic E-state index is 0.355. The van der Waals surface area contributed by atoms with Crippen molar-refractivity contribution in [3.05, 3.63) is 12.7 Å². The van der Waals surface area contributed by atoms with Gasteiger partial charge in [0.05, 0.1) is 0 Å². The molecule has 58 valence electrons. The lowest BCUT2D eigenvalue weighted by Crippen LogP contribution is -2.44. The zero-order valence-corrected chi connectivity index (χ0v) is 6.35. The molecule has 0 bridgehead atoms. The lowest BCUT2D eigenvalue weighted by atomic mass is 10.2. The highest BCUT2D eigenvalue weighted by atomic mass is 16.3. The summed E-state index contributed by atoms with van der Waals surface area (Å²) in [6.45, 7) is 6.57. The molecule has 0 saturated carbocycles. The van der Waals surface area contributed by atoms with Crippen molar-refractivity contribution in [2.45, 2.75) is 26.0 Å². The third-order valence-corrected chi connectivity index (χ3v) is 1.27. The quantitative estimate of drug-likeness (QED) is 0.444. The summed E-state index contributed by atoms with van der Waals surface area (Å²) in [6.07, 6.45) is 1.61. The maximum atomic E-state index is 10.6. The Balaban J connectivity index is 3.87. The maximum Gasteiger partial charge on any atom is 0.245 e. The molecule has 0 aromatic rings. The van der Waals surface area contributed by atoms with Crippen molar-refractivity contribution in [1.82, 2.24) is 5.32 Å². The topological polar surface area (TPSA) is 49.3 Å². The molecule has 1 atom stereocenters. The largest absolute Gasteiger partial charge is 0.371 e. The average Bonchev–Trinajstić information content (AvgIpc) is 1.87. The molecule has 0 radical (unpaired) electrons. The van der Waals surface area contributed by atoms with Crippen LogP contribution in [0, 0.1) is 0 Å². The first-order valence-corrected chi connectivity index (χ1v) is 3.19. The summed E-state index contributed by atoms with van der Waals surface area (Å²) in [5, 5.41) is 11.6. The molecule has 0 aromatic carbocycles. The molecule has 0 aromatic heterocycles. The molecule has 0 saturated heterocycles. The number of nitrogens with one attached hydrogen (secondary N) is 1. The van der Waals surface area contributed by atoms with Gasteiger partial charge in [-0.1, -0.05) is 13.5 Å². The first-order chi connectivity index (χ1) is 4.52. The highest BCUT2D eigenvalue weighted by Gasteiger charge is 2.17. The summed E-state index contributed by atoms with van der Waals surface area (Å²) in [5.74, 6) is -0.355. The monoisotopic (exact) mass is 143 g/mol. The van der Waals surface area contributed by atoms with E-state index < -0.39 is 5.72 Å². The van der Waals surface area contributed by atoms with Gasteiger partial charge in [-0.2, -0.15) is 0 Å². The highest BCUT2D eigenvalue weighted by Crippen LogP contribution is 2.02. The number of rotatable bonds is 3. The van der Waals surface area contributed by atoms with E-state index in [4.69, 9.17) is 0 Å². The van der Waals surface area contributed by atoms with Crippen LogP contribution in [0.2, 0.25) is 0 Å². The Morgan fingerprint density at radius 2 is 2.40 bits per heavy atom. The van der Waals surface area contributed by atoms with Crippen LogP contribution in [0.4, 0.5) is 0 Å². The lowest BCUT2D eigenvalue weighted by molar-refractivity contribution is -0.123. The van der Waals surface area contributed by atoms with Crippen LogP contribution in [0.25, 0.3) is 0 Å². The molecule has 0 aliphatic rings. The van der Waals surface area contributed by atoms with Gasteiger partial charge in [0, 0.05) is 0 Å². The third kappa shape index (κ3) is 3.25. The summed E-state index contributed by atoms with van der Waals surface area (Å²) in [6, 6.07) is 0. The van der Waals surface area contributed by atoms with Gasteiger partial charge in [0.2, 0.25) is 5.91 Å². The Hall–Kier alpha value is -0.830. The summed E-state index contributed by atoms with van der Waals surface area (Å²) in [7, 11) is 0. The van der Waals surface area contributed by atoms with E-state index in [1.54, 1.807) is 6.92 Å². The van der Waals surface area contributed by atoms with Crippen LogP contribution in [0.15, 0.2) is 12.7 Å². The molecule has 0 spiro atoms. The Kier molecular flexibility index (Phi) is 3.09. The number of aliphatic hydroxyl groups is 1. The second kappa shape index (κ2) is 3.37. The van der Waals surface area contributed by atoms with Gasteiger partial charge in [0.1, 0.15) is 5.72 Å². The van der Waals surface area contributed by atoms with Gasteiger partial charge in [0.25, 0.3) is 0 Å². The molecule has 0 aliphatic carbocycles. The van der Waals surface area contributed by atoms with Crippen LogP contribution in [0.5, 0.6) is 0 Å². The van der Waals surface area contributed by atoms with Gasteiger partial charge in [-0.3, -0.25) is 4.79 Å². The molecule has 3 heteroatoms.